The van der Waals surface area contributed by atoms with Gasteiger partial charge in [0.1, 0.15) is 17.8 Å². The first-order valence-corrected chi connectivity index (χ1v) is 10.6. The van der Waals surface area contributed by atoms with Crippen LogP contribution in [0.3, 0.4) is 0 Å². The minimum Gasteiger partial charge on any atom is -0.364 e. The highest BCUT2D eigenvalue weighted by Gasteiger charge is 2.28. The molecule has 2 aromatic heterocycles. The molecule has 34 heavy (non-hydrogen) atoms. The van der Waals surface area contributed by atoms with Gasteiger partial charge in [-0.2, -0.15) is 0 Å². The van der Waals surface area contributed by atoms with Gasteiger partial charge in [-0.15, -0.1) is 0 Å². The number of rotatable bonds is 6. The minimum atomic E-state index is -0.702. The van der Waals surface area contributed by atoms with Crippen LogP contribution < -0.4 is 10.6 Å². The Labute approximate surface area is 194 Å². The van der Waals surface area contributed by atoms with Crippen LogP contribution in [0.5, 0.6) is 0 Å². The van der Waals surface area contributed by atoms with Crippen molar-refractivity contribution in [2.45, 2.75) is 12.8 Å². The highest BCUT2D eigenvalue weighted by molar-refractivity contribution is 6.03. The number of hydrogen-bond acceptors (Lipinski definition) is 6. The Morgan fingerprint density at radius 3 is 2.79 bits per heavy atom. The normalized spacial score (nSPS) is 15.4. The van der Waals surface area contributed by atoms with E-state index in [-0.39, 0.29) is 35.4 Å². The standard InChI is InChI=1S/C24H22FN5O4/c1-2-22(31)30-10-4-5-15(13-30)23(32)29-20-9-8-17(11-18(20)25)27-24(33)21-7-3-6-19(28-21)16-12-26-34-14-16/h2-3,6-9,11-12,14-15H,1,4-5,10,13H2,(H,27,33)(H,29,32)/t15-/m1/s1. The summed E-state index contributed by atoms with van der Waals surface area (Å²) in [6.07, 6.45) is 5.39. The van der Waals surface area contributed by atoms with Crippen LogP contribution in [0.2, 0.25) is 0 Å². The number of carbonyl (C=O) groups excluding carboxylic acids is 3. The second-order valence-electron chi connectivity index (χ2n) is 7.79. The molecule has 0 saturated carbocycles. The number of halogens is 1. The molecule has 0 unspecified atom stereocenters. The summed E-state index contributed by atoms with van der Waals surface area (Å²) in [6, 6.07) is 8.87. The van der Waals surface area contributed by atoms with Crippen molar-refractivity contribution in [1.29, 1.82) is 0 Å². The van der Waals surface area contributed by atoms with Crippen LogP contribution in [0, 0.1) is 11.7 Å². The largest absolute Gasteiger partial charge is 0.364 e. The molecule has 0 radical (unpaired) electrons. The summed E-state index contributed by atoms with van der Waals surface area (Å²) in [5.41, 5.74) is 1.46. The van der Waals surface area contributed by atoms with E-state index in [9.17, 15) is 18.8 Å². The van der Waals surface area contributed by atoms with Crippen molar-refractivity contribution in [1.82, 2.24) is 15.0 Å². The lowest BCUT2D eigenvalue weighted by Gasteiger charge is -2.31. The Morgan fingerprint density at radius 2 is 2.06 bits per heavy atom. The Morgan fingerprint density at radius 1 is 1.21 bits per heavy atom. The van der Waals surface area contributed by atoms with Crippen LogP contribution in [0.15, 0.2) is 66.0 Å². The first kappa shape index (κ1) is 22.8. The molecular formula is C24H22FN5O4. The van der Waals surface area contributed by atoms with E-state index < -0.39 is 17.6 Å². The molecule has 3 aromatic rings. The predicted molar refractivity (Wildman–Crippen MR) is 122 cm³/mol. The summed E-state index contributed by atoms with van der Waals surface area (Å²) in [4.78, 5) is 42.9. The summed E-state index contributed by atoms with van der Waals surface area (Å²) < 4.78 is 19.5. The summed E-state index contributed by atoms with van der Waals surface area (Å²) >= 11 is 0. The molecule has 0 spiro atoms. The van der Waals surface area contributed by atoms with Crippen molar-refractivity contribution in [3.63, 3.8) is 0 Å². The van der Waals surface area contributed by atoms with Crippen molar-refractivity contribution in [3.05, 3.63) is 73.0 Å². The predicted octanol–water partition coefficient (Wildman–Crippen LogP) is 3.49. The summed E-state index contributed by atoms with van der Waals surface area (Å²) in [7, 11) is 0. The number of amides is 3. The smallest absolute Gasteiger partial charge is 0.274 e. The maximum Gasteiger partial charge on any atom is 0.274 e. The van der Waals surface area contributed by atoms with Crippen LogP contribution in [-0.2, 0) is 9.59 Å². The van der Waals surface area contributed by atoms with E-state index in [1.165, 1.54) is 36.7 Å². The lowest BCUT2D eigenvalue weighted by Crippen LogP contribution is -2.43. The van der Waals surface area contributed by atoms with Crippen molar-refractivity contribution in [2.24, 2.45) is 5.92 Å². The molecule has 1 fully saturated rings. The Balaban J connectivity index is 1.40. The topological polar surface area (TPSA) is 117 Å². The van der Waals surface area contributed by atoms with Gasteiger partial charge in [0.25, 0.3) is 5.91 Å². The average Bonchev–Trinajstić information content (AvgIpc) is 3.40. The summed E-state index contributed by atoms with van der Waals surface area (Å²) in [5.74, 6) is -2.27. The van der Waals surface area contributed by atoms with E-state index in [0.717, 1.165) is 6.07 Å². The molecule has 9 nitrogen and oxygen atoms in total. The molecule has 3 amide bonds. The molecular weight excluding hydrogens is 441 g/mol. The van der Waals surface area contributed by atoms with E-state index in [2.05, 4.69) is 27.4 Å². The van der Waals surface area contributed by atoms with Gasteiger partial charge in [-0.05, 0) is 49.2 Å². The number of nitrogens with zero attached hydrogens (tertiary/aromatic N) is 3. The first-order valence-electron chi connectivity index (χ1n) is 10.6. The number of hydrogen-bond donors (Lipinski definition) is 2. The first-order chi connectivity index (χ1) is 16.4. The zero-order valence-electron chi connectivity index (χ0n) is 18.2. The lowest BCUT2D eigenvalue weighted by atomic mass is 9.97. The minimum absolute atomic E-state index is 0.0113. The monoisotopic (exact) mass is 463 g/mol. The third kappa shape index (κ3) is 5.17. The molecule has 1 aliphatic heterocycles. The van der Waals surface area contributed by atoms with Gasteiger partial charge in [-0.25, -0.2) is 9.37 Å². The number of benzene rings is 1. The second-order valence-corrected chi connectivity index (χ2v) is 7.79. The van der Waals surface area contributed by atoms with Crippen molar-refractivity contribution < 1.29 is 23.3 Å². The van der Waals surface area contributed by atoms with E-state index in [0.29, 0.717) is 30.6 Å². The molecule has 1 aromatic carbocycles. The van der Waals surface area contributed by atoms with Gasteiger partial charge in [-0.1, -0.05) is 17.8 Å². The van der Waals surface area contributed by atoms with Crippen molar-refractivity contribution in [2.75, 3.05) is 23.7 Å². The molecule has 1 atom stereocenters. The van der Waals surface area contributed by atoms with Gasteiger partial charge in [-0.3, -0.25) is 14.4 Å². The van der Waals surface area contributed by atoms with Crippen LogP contribution in [0.1, 0.15) is 23.3 Å². The Bertz CT molecular complexity index is 1230. The molecule has 0 bridgehead atoms. The highest BCUT2D eigenvalue weighted by atomic mass is 19.1. The third-order valence-electron chi connectivity index (χ3n) is 5.47. The van der Waals surface area contributed by atoms with Gasteiger partial charge in [0, 0.05) is 18.8 Å². The number of aromatic nitrogens is 2. The fourth-order valence-electron chi connectivity index (χ4n) is 3.70. The quantitative estimate of drug-likeness (QED) is 0.541. The Hall–Kier alpha value is -4.34. The Kier molecular flexibility index (Phi) is 6.77. The van der Waals surface area contributed by atoms with E-state index >= 15 is 0 Å². The molecule has 2 N–H and O–H groups in total. The van der Waals surface area contributed by atoms with Crippen molar-refractivity contribution >= 4 is 29.1 Å². The molecule has 4 rings (SSSR count). The van der Waals surface area contributed by atoms with E-state index in [1.807, 2.05) is 0 Å². The fourth-order valence-corrected chi connectivity index (χ4v) is 3.70. The molecule has 1 saturated heterocycles. The zero-order chi connectivity index (χ0) is 24.1. The molecule has 174 valence electrons. The van der Waals surface area contributed by atoms with Crippen LogP contribution in [0.25, 0.3) is 11.3 Å². The van der Waals surface area contributed by atoms with Gasteiger partial charge in [0.15, 0.2) is 0 Å². The molecule has 10 heteroatoms. The maximum absolute atomic E-state index is 14.7. The highest BCUT2D eigenvalue weighted by Crippen LogP contribution is 2.23. The second kappa shape index (κ2) is 10.1. The number of nitrogens with one attached hydrogen (secondary N) is 2. The van der Waals surface area contributed by atoms with Gasteiger partial charge >= 0.3 is 0 Å². The number of piperidine rings is 1. The summed E-state index contributed by atoms with van der Waals surface area (Å²) in [6.45, 7) is 4.29. The third-order valence-corrected chi connectivity index (χ3v) is 5.47. The maximum atomic E-state index is 14.7. The number of likely N-dealkylation sites (tertiary alicyclic amines) is 1. The van der Waals surface area contributed by atoms with Crippen LogP contribution in [-0.4, -0.2) is 45.9 Å². The van der Waals surface area contributed by atoms with Gasteiger partial charge in [0.05, 0.1) is 29.1 Å². The molecule has 3 heterocycles. The number of carbonyl (C=O) groups is 3. The van der Waals surface area contributed by atoms with E-state index in [4.69, 9.17) is 4.52 Å². The SMILES string of the molecule is C=CC(=O)N1CCC[C@@H](C(=O)Nc2ccc(NC(=O)c3cccc(-c4cnoc4)n3)cc2F)C1. The van der Waals surface area contributed by atoms with Gasteiger partial charge < -0.3 is 20.1 Å². The molecule has 1 aliphatic rings. The number of pyridine rings is 1. The fraction of sp³-hybridized carbons (Fsp3) is 0.208. The molecule has 0 aliphatic carbocycles. The number of anilines is 2. The lowest BCUT2D eigenvalue weighted by molar-refractivity contribution is -0.130. The van der Waals surface area contributed by atoms with Crippen LogP contribution >= 0.6 is 0 Å². The average molecular weight is 463 g/mol. The van der Waals surface area contributed by atoms with E-state index in [1.54, 1.807) is 17.0 Å². The van der Waals surface area contributed by atoms with Gasteiger partial charge in [0.2, 0.25) is 11.8 Å². The summed E-state index contributed by atoms with van der Waals surface area (Å²) in [5, 5.41) is 8.78. The van der Waals surface area contributed by atoms with Crippen molar-refractivity contribution in [3.8, 4) is 11.3 Å². The van der Waals surface area contributed by atoms with Crippen LogP contribution in [0.4, 0.5) is 15.8 Å². The zero-order valence-corrected chi connectivity index (χ0v) is 18.2.